The zero-order valence-electron chi connectivity index (χ0n) is 26.7. The standard InChI is InChI=1S/C35H46F2N2O6/c1-6-13-44-30-19-31(38(21-30)20-24-7-9-29(43-5)10-8-24)33(40)32(17-25-15-27(36)18-28(37)16-25)45-35(42)23(4)39-12-11-26(34(39)41)14-22(2)3/h6-10,15-16,18,22-23,26,30-33,40H,1,11-14,17,19-21H2,2-5H3/t23-,26+,30+,31+,32-,33+/m0/s1. The number of aliphatic hydroxyl groups is 1. The Morgan fingerprint density at radius 1 is 1.11 bits per heavy atom. The van der Waals surface area contributed by atoms with E-state index in [9.17, 15) is 23.5 Å². The molecule has 10 heteroatoms. The molecule has 4 rings (SSSR count). The van der Waals surface area contributed by atoms with E-state index in [1.807, 2.05) is 24.3 Å². The molecule has 0 saturated carbocycles. The van der Waals surface area contributed by atoms with Gasteiger partial charge in [-0.2, -0.15) is 0 Å². The average Bonchev–Trinajstić information content (AvgIpc) is 3.56. The third kappa shape index (κ3) is 9.11. The van der Waals surface area contributed by atoms with E-state index < -0.39 is 41.9 Å². The van der Waals surface area contributed by atoms with Gasteiger partial charge in [0.15, 0.2) is 0 Å². The molecule has 2 aliphatic heterocycles. The maximum absolute atomic E-state index is 14.2. The summed E-state index contributed by atoms with van der Waals surface area (Å²) in [5.74, 6) is -1.36. The summed E-state index contributed by atoms with van der Waals surface area (Å²) in [6.45, 7) is 11.2. The molecule has 2 saturated heterocycles. The second kappa shape index (κ2) is 15.8. The highest BCUT2D eigenvalue weighted by Gasteiger charge is 2.43. The van der Waals surface area contributed by atoms with Crippen LogP contribution in [-0.2, 0) is 32.0 Å². The molecule has 6 atom stereocenters. The Balaban J connectivity index is 1.57. The Hall–Kier alpha value is -3.34. The minimum absolute atomic E-state index is 0.0823. The second-order valence-corrected chi connectivity index (χ2v) is 12.6. The van der Waals surface area contributed by atoms with Crippen LogP contribution in [0.25, 0.3) is 0 Å². The van der Waals surface area contributed by atoms with E-state index in [-0.39, 0.29) is 29.9 Å². The van der Waals surface area contributed by atoms with Crippen molar-refractivity contribution in [3.05, 3.63) is 77.9 Å². The van der Waals surface area contributed by atoms with Crippen LogP contribution < -0.4 is 4.74 Å². The molecular formula is C35H46F2N2O6. The number of hydrogen-bond donors (Lipinski definition) is 1. The van der Waals surface area contributed by atoms with E-state index in [4.69, 9.17) is 14.2 Å². The molecule has 0 aliphatic carbocycles. The molecule has 2 aromatic carbocycles. The van der Waals surface area contributed by atoms with E-state index in [0.717, 1.165) is 23.8 Å². The van der Waals surface area contributed by atoms with Gasteiger partial charge in [0.25, 0.3) is 0 Å². The number of carbonyl (C=O) groups excluding carboxylic acids is 2. The predicted molar refractivity (Wildman–Crippen MR) is 166 cm³/mol. The fourth-order valence-corrected chi connectivity index (χ4v) is 6.47. The molecule has 45 heavy (non-hydrogen) atoms. The molecule has 8 nitrogen and oxygen atoms in total. The number of carbonyl (C=O) groups is 2. The number of methoxy groups -OCH3 is 1. The minimum atomic E-state index is -1.23. The number of esters is 1. The van der Waals surface area contributed by atoms with Gasteiger partial charge in [-0.3, -0.25) is 9.69 Å². The summed E-state index contributed by atoms with van der Waals surface area (Å²) >= 11 is 0. The molecule has 0 aromatic heterocycles. The Morgan fingerprint density at radius 2 is 1.80 bits per heavy atom. The van der Waals surface area contributed by atoms with Crippen molar-refractivity contribution >= 4 is 11.9 Å². The van der Waals surface area contributed by atoms with Crippen LogP contribution >= 0.6 is 0 Å². The van der Waals surface area contributed by atoms with Crippen LogP contribution in [0.3, 0.4) is 0 Å². The van der Waals surface area contributed by atoms with Crippen LogP contribution in [0.2, 0.25) is 0 Å². The molecule has 2 aliphatic rings. The highest BCUT2D eigenvalue weighted by Crippen LogP contribution is 2.30. The number of ether oxygens (including phenoxy) is 3. The van der Waals surface area contributed by atoms with Crippen molar-refractivity contribution in [1.82, 2.24) is 9.80 Å². The van der Waals surface area contributed by atoms with Gasteiger partial charge in [0.05, 0.1) is 19.8 Å². The first-order valence-corrected chi connectivity index (χ1v) is 15.7. The maximum Gasteiger partial charge on any atom is 0.328 e. The van der Waals surface area contributed by atoms with E-state index in [1.54, 1.807) is 20.1 Å². The molecule has 0 radical (unpaired) electrons. The normalized spacial score (nSPS) is 22.4. The quantitative estimate of drug-likeness (QED) is 0.221. The lowest BCUT2D eigenvalue weighted by Gasteiger charge is -2.34. The molecule has 1 N–H and O–H groups in total. The zero-order valence-corrected chi connectivity index (χ0v) is 26.7. The largest absolute Gasteiger partial charge is 0.497 e. The van der Waals surface area contributed by atoms with Gasteiger partial charge in [-0.1, -0.05) is 32.1 Å². The Kier molecular flexibility index (Phi) is 12.1. The van der Waals surface area contributed by atoms with Gasteiger partial charge >= 0.3 is 5.97 Å². The van der Waals surface area contributed by atoms with Crippen molar-refractivity contribution in [3.63, 3.8) is 0 Å². The highest BCUT2D eigenvalue weighted by atomic mass is 19.1. The van der Waals surface area contributed by atoms with Gasteiger partial charge in [-0.15, -0.1) is 6.58 Å². The number of amides is 1. The molecule has 2 heterocycles. The second-order valence-electron chi connectivity index (χ2n) is 12.6. The van der Waals surface area contributed by atoms with Crippen LogP contribution in [0.4, 0.5) is 8.78 Å². The van der Waals surface area contributed by atoms with Crippen LogP contribution in [0, 0.1) is 23.5 Å². The Bertz CT molecular complexity index is 1290. The van der Waals surface area contributed by atoms with Crippen molar-refractivity contribution < 1.29 is 37.7 Å². The van der Waals surface area contributed by atoms with Crippen molar-refractivity contribution in [2.75, 3.05) is 26.8 Å². The summed E-state index contributed by atoms with van der Waals surface area (Å²) in [4.78, 5) is 30.3. The predicted octanol–water partition coefficient (Wildman–Crippen LogP) is 4.92. The van der Waals surface area contributed by atoms with E-state index >= 15 is 0 Å². The van der Waals surface area contributed by atoms with E-state index in [2.05, 4.69) is 25.3 Å². The number of likely N-dealkylation sites (tertiary alicyclic amines) is 2. The van der Waals surface area contributed by atoms with Crippen molar-refractivity contribution in [1.29, 1.82) is 0 Å². The van der Waals surface area contributed by atoms with Gasteiger partial charge in [0.2, 0.25) is 5.91 Å². The lowest BCUT2D eigenvalue weighted by Crippen LogP contribution is -2.50. The third-order valence-corrected chi connectivity index (χ3v) is 8.72. The summed E-state index contributed by atoms with van der Waals surface area (Å²) in [6, 6.07) is 9.32. The molecular weight excluding hydrogens is 582 g/mol. The topological polar surface area (TPSA) is 88.5 Å². The van der Waals surface area contributed by atoms with Crippen molar-refractivity contribution in [2.45, 2.75) is 83.4 Å². The lowest BCUT2D eigenvalue weighted by molar-refractivity contribution is -0.165. The highest BCUT2D eigenvalue weighted by molar-refractivity contribution is 5.87. The van der Waals surface area contributed by atoms with Crippen LogP contribution in [0.15, 0.2) is 55.1 Å². The van der Waals surface area contributed by atoms with Crippen LogP contribution in [0.1, 0.15) is 51.2 Å². The van der Waals surface area contributed by atoms with E-state index in [0.29, 0.717) is 45.0 Å². The maximum atomic E-state index is 14.2. The SMILES string of the molecule is C=CCO[C@@H]1C[C@H]([C@@H](O)[C@H](Cc2cc(F)cc(F)c2)OC(=O)[C@H](C)N2CC[C@H](CC(C)C)C2=O)N(Cc2ccc(OC)cc2)C1. The molecule has 2 fully saturated rings. The number of halogens is 2. The third-order valence-electron chi connectivity index (χ3n) is 8.72. The zero-order chi connectivity index (χ0) is 32.7. The number of hydrogen-bond acceptors (Lipinski definition) is 7. The number of aliphatic hydroxyl groups excluding tert-OH is 1. The fraction of sp³-hybridized carbons (Fsp3) is 0.543. The van der Waals surface area contributed by atoms with Crippen LogP contribution in [-0.4, -0.2) is 84.0 Å². The molecule has 0 spiro atoms. The van der Waals surface area contributed by atoms with Crippen molar-refractivity contribution in [3.8, 4) is 5.75 Å². The first-order chi connectivity index (χ1) is 21.5. The van der Waals surface area contributed by atoms with Crippen molar-refractivity contribution in [2.24, 2.45) is 11.8 Å². The molecule has 246 valence electrons. The lowest BCUT2D eigenvalue weighted by atomic mass is 9.96. The number of nitrogens with zero attached hydrogens (tertiary/aromatic N) is 2. The Morgan fingerprint density at radius 3 is 2.42 bits per heavy atom. The average molecular weight is 629 g/mol. The molecule has 1 amide bonds. The smallest absolute Gasteiger partial charge is 0.328 e. The molecule has 0 unspecified atom stereocenters. The Labute approximate surface area is 264 Å². The summed E-state index contributed by atoms with van der Waals surface area (Å²) in [6.07, 6.45) is 0.785. The number of benzene rings is 2. The molecule has 0 bridgehead atoms. The summed E-state index contributed by atoms with van der Waals surface area (Å²) in [5.41, 5.74) is 1.22. The fourth-order valence-electron chi connectivity index (χ4n) is 6.47. The van der Waals surface area contributed by atoms with Crippen LogP contribution in [0.5, 0.6) is 5.75 Å². The summed E-state index contributed by atoms with van der Waals surface area (Å²) in [5, 5.41) is 11.9. The first-order valence-electron chi connectivity index (χ1n) is 15.7. The van der Waals surface area contributed by atoms with Gasteiger partial charge in [0, 0.05) is 44.1 Å². The van der Waals surface area contributed by atoms with Gasteiger partial charge in [-0.25, -0.2) is 13.6 Å². The molecule has 2 aromatic rings. The minimum Gasteiger partial charge on any atom is -0.497 e. The van der Waals surface area contributed by atoms with Gasteiger partial charge < -0.3 is 24.2 Å². The number of rotatable bonds is 15. The van der Waals surface area contributed by atoms with Gasteiger partial charge in [-0.05, 0) is 67.5 Å². The van der Waals surface area contributed by atoms with Gasteiger partial charge in [0.1, 0.15) is 35.6 Å². The summed E-state index contributed by atoms with van der Waals surface area (Å²) < 4.78 is 45.6. The summed E-state index contributed by atoms with van der Waals surface area (Å²) in [7, 11) is 1.60. The monoisotopic (exact) mass is 628 g/mol. The van der Waals surface area contributed by atoms with E-state index in [1.165, 1.54) is 17.0 Å². The first kappa shape index (κ1) is 34.5.